The van der Waals surface area contributed by atoms with E-state index in [-0.39, 0.29) is 0 Å². The van der Waals surface area contributed by atoms with Gasteiger partial charge < -0.3 is 9.47 Å². The summed E-state index contributed by atoms with van der Waals surface area (Å²) in [5.74, 6) is 5.57. The van der Waals surface area contributed by atoms with Crippen molar-refractivity contribution in [2.45, 2.75) is 38.5 Å². The molecule has 4 aromatic heterocycles. The number of pyridine rings is 2. The van der Waals surface area contributed by atoms with Crippen LogP contribution in [0.15, 0.2) is 358 Å². The van der Waals surface area contributed by atoms with E-state index in [1.165, 1.54) is 16.7 Å². The molecule has 22 rings (SSSR count). The second-order valence-corrected chi connectivity index (χ2v) is 30.7. The number of nitrogens with zero attached hydrogens (tertiary/aromatic N) is 7. The van der Waals surface area contributed by atoms with Crippen molar-refractivity contribution in [1.29, 1.82) is 0 Å². The first-order valence-corrected chi connectivity index (χ1v) is 39.5. The monoisotopic (exact) mass is 1490 g/mol. The van der Waals surface area contributed by atoms with Crippen molar-refractivity contribution in [1.82, 2.24) is 34.9 Å². The van der Waals surface area contributed by atoms with Crippen molar-refractivity contribution < 1.29 is 9.47 Å². The fourth-order valence-electron chi connectivity index (χ4n) is 18.8. The summed E-state index contributed by atoms with van der Waals surface area (Å²) in [6, 6.07) is 125. The van der Waals surface area contributed by atoms with E-state index in [9.17, 15) is 0 Å². The summed E-state index contributed by atoms with van der Waals surface area (Å²) < 4.78 is 14.6. The molecule has 9 nitrogen and oxygen atoms in total. The van der Waals surface area contributed by atoms with E-state index >= 15 is 0 Å². The van der Waals surface area contributed by atoms with Crippen LogP contribution in [0.4, 0.5) is 0 Å². The van der Waals surface area contributed by atoms with Crippen LogP contribution >= 0.6 is 0 Å². The topological polar surface area (TPSA) is 109 Å². The number of rotatable bonds is 11. The summed E-state index contributed by atoms with van der Waals surface area (Å²) in [4.78, 5) is 36.9. The van der Waals surface area contributed by atoms with Crippen LogP contribution in [0.25, 0.3) is 146 Å². The number of aryl methyl sites for hydroxylation is 4. The van der Waals surface area contributed by atoms with Crippen LogP contribution in [0.5, 0.6) is 23.0 Å². The third-order valence-corrected chi connectivity index (χ3v) is 24.1. The fourth-order valence-corrected chi connectivity index (χ4v) is 18.8. The van der Waals surface area contributed by atoms with E-state index in [0.717, 1.165) is 196 Å². The van der Waals surface area contributed by atoms with Crippen molar-refractivity contribution in [2.24, 2.45) is 0 Å². The van der Waals surface area contributed by atoms with Gasteiger partial charge in [-0.1, -0.05) is 285 Å². The highest BCUT2D eigenvalue weighted by Crippen LogP contribution is 2.65. The zero-order valence-electron chi connectivity index (χ0n) is 64.0. The number of hydrogen-bond donors (Lipinski definition) is 0. The van der Waals surface area contributed by atoms with Crippen molar-refractivity contribution in [2.75, 3.05) is 0 Å². The first-order chi connectivity index (χ1) is 57.1. The lowest BCUT2D eigenvalue weighted by atomic mass is 9.65. The lowest BCUT2D eigenvalue weighted by Crippen LogP contribution is -2.32. The summed E-state index contributed by atoms with van der Waals surface area (Å²) in [5, 5.41) is 0. The Bertz CT molecular complexity index is 7030. The molecular formula is C107H71N7O2. The van der Waals surface area contributed by atoms with Crippen LogP contribution in [0.1, 0.15) is 67.0 Å². The summed E-state index contributed by atoms with van der Waals surface area (Å²) in [6.45, 7) is 8.55. The zero-order chi connectivity index (χ0) is 77.3. The van der Waals surface area contributed by atoms with Crippen molar-refractivity contribution in [3.63, 3.8) is 0 Å². The maximum absolute atomic E-state index is 7.34. The van der Waals surface area contributed by atoms with Gasteiger partial charge >= 0.3 is 0 Å². The van der Waals surface area contributed by atoms with Crippen molar-refractivity contribution in [3.8, 4) is 169 Å². The quantitative estimate of drug-likeness (QED) is 0.125. The van der Waals surface area contributed by atoms with Crippen LogP contribution < -0.4 is 9.47 Å². The highest BCUT2D eigenvalue weighted by Gasteiger charge is 2.53. The lowest BCUT2D eigenvalue weighted by Gasteiger charge is -2.40. The van der Waals surface area contributed by atoms with Gasteiger partial charge in [-0.05, 0) is 183 Å². The Kier molecular flexibility index (Phi) is 15.8. The van der Waals surface area contributed by atoms with Crippen LogP contribution in [-0.4, -0.2) is 34.9 Å². The summed E-state index contributed by atoms with van der Waals surface area (Å²) in [7, 11) is 0. The molecular weight excluding hydrogens is 1420 g/mol. The fraction of sp³-hybridized carbons (Fsp3) is 0.0561. The number of aromatic nitrogens is 7. The number of ether oxygens (including phenoxy) is 2. The average molecular weight is 1490 g/mol. The molecule has 9 heteroatoms. The molecule has 14 aromatic carbocycles. The summed E-state index contributed by atoms with van der Waals surface area (Å²) in [6.07, 6.45) is 1.89. The number of hydrogen-bond acceptors (Lipinski definition) is 9. The normalized spacial score (nSPS) is 14.8. The molecule has 18 aromatic rings. The van der Waals surface area contributed by atoms with E-state index in [1.807, 2.05) is 42.6 Å². The maximum Gasteiger partial charge on any atom is 0.164 e. The molecule has 0 saturated carbocycles. The Morgan fingerprint density at radius 3 is 1.26 bits per heavy atom. The van der Waals surface area contributed by atoms with Crippen LogP contribution in [0, 0.1) is 27.7 Å². The van der Waals surface area contributed by atoms with Crippen molar-refractivity contribution in [3.05, 3.63) is 425 Å². The zero-order valence-corrected chi connectivity index (χ0v) is 64.0. The number of benzene rings is 14. The second-order valence-electron chi connectivity index (χ2n) is 30.7. The molecule has 2 aliphatic heterocycles. The van der Waals surface area contributed by atoms with Crippen molar-refractivity contribution >= 4 is 0 Å². The van der Waals surface area contributed by atoms with Gasteiger partial charge in [0.15, 0.2) is 23.3 Å². The smallest absolute Gasteiger partial charge is 0.164 e. The number of fused-ring (bicyclic) bond motifs is 18. The van der Waals surface area contributed by atoms with Gasteiger partial charge in [-0.25, -0.2) is 24.9 Å². The van der Waals surface area contributed by atoms with E-state index in [2.05, 4.69) is 343 Å². The van der Waals surface area contributed by atoms with Crippen LogP contribution in [-0.2, 0) is 10.8 Å². The maximum atomic E-state index is 7.34. The number of para-hydroxylation sites is 1. The third kappa shape index (κ3) is 10.8. The Morgan fingerprint density at radius 2 is 0.629 bits per heavy atom. The first-order valence-electron chi connectivity index (χ1n) is 39.5. The van der Waals surface area contributed by atoms with Gasteiger partial charge in [-0.3, -0.25) is 9.97 Å². The molecule has 2 aliphatic carbocycles. The van der Waals surface area contributed by atoms with Gasteiger partial charge in [0.25, 0.3) is 0 Å². The molecule has 0 N–H and O–H groups in total. The Labute approximate surface area is 672 Å². The molecule has 0 fully saturated rings. The summed E-state index contributed by atoms with van der Waals surface area (Å²) in [5.41, 5.74) is 33.6. The second kappa shape index (κ2) is 26.9. The summed E-state index contributed by atoms with van der Waals surface area (Å²) >= 11 is 0. The molecule has 4 aliphatic rings. The molecule has 0 amide bonds. The molecule has 116 heavy (non-hydrogen) atoms. The standard InChI is InChI=1S/C107H71N7O2/c1-64-55-56-108-67(4)100(64)78-48-53-90-99(62-78)116-97-54-49-79(59-93(97)106(90)87-34-20-18-32-82(87)85-58-77(47-51-88(85)106)95-63-94(72-27-13-7-14-28-72)110-102(111-95)74-41-37-70(38-42-74)68-23-9-5-10-24-68)101-65(2)57-84(66(3)109-101)76-46-52-91-98(61-76)115-96-36-22-21-35-89(96)107(91)86-33-19-17-31-81(86)83-50-45-80(60-92(83)107)105-113-103(73-29-15-8-16-30-73)112-104(114-105)75-43-39-71(40-44-75)69-25-11-6-12-26-69/h5-63H,1-4H3. The minimum absolute atomic E-state index is 0.583. The molecule has 0 radical (unpaired) electrons. The molecule has 0 bridgehead atoms. The van der Waals surface area contributed by atoms with Crippen LogP contribution in [0.3, 0.4) is 0 Å². The predicted octanol–water partition coefficient (Wildman–Crippen LogP) is 26.0. The minimum atomic E-state index is -0.837. The molecule has 0 saturated heterocycles. The van der Waals surface area contributed by atoms with E-state index < -0.39 is 10.8 Å². The van der Waals surface area contributed by atoms with Gasteiger partial charge in [0, 0.05) is 89.9 Å². The van der Waals surface area contributed by atoms with Gasteiger partial charge in [-0.15, -0.1) is 0 Å². The Morgan fingerprint density at radius 1 is 0.216 bits per heavy atom. The Hall–Kier alpha value is -14.9. The van der Waals surface area contributed by atoms with Gasteiger partial charge in [0.2, 0.25) is 0 Å². The molecule has 2 unspecified atom stereocenters. The average Bonchev–Trinajstić information content (AvgIpc) is 1.49. The van der Waals surface area contributed by atoms with E-state index in [4.69, 9.17) is 44.4 Å². The predicted molar refractivity (Wildman–Crippen MR) is 465 cm³/mol. The van der Waals surface area contributed by atoms with Gasteiger partial charge in [0.1, 0.15) is 23.0 Å². The Balaban J connectivity index is 0.659. The minimum Gasteiger partial charge on any atom is -0.457 e. The first kappa shape index (κ1) is 67.9. The highest BCUT2D eigenvalue weighted by atomic mass is 16.5. The molecule has 546 valence electrons. The van der Waals surface area contributed by atoms with E-state index in [0.29, 0.717) is 23.3 Å². The van der Waals surface area contributed by atoms with Gasteiger partial charge in [0.05, 0.1) is 27.9 Å². The largest absolute Gasteiger partial charge is 0.457 e. The van der Waals surface area contributed by atoms with E-state index in [1.54, 1.807) is 0 Å². The molecule has 2 spiro atoms. The molecule has 6 heterocycles. The SMILES string of the molecule is Cc1cc(-c2ccc3c(c2)Oc2ccccc2C32c3ccccc3-c3ccc(-c4nc(-c5ccccc5)nc(-c5ccc(-c6ccccc6)cc5)n4)cc32)c(C)nc1-c1ccc2c(c1)C1(c3ccc(-c4c(C)ccnc4C)cc3O2)c2ccccc2-c2cc(-c3cc(-c4ccccc4)nc(-c4ccc(-c5ccccc5)cc4)n3)ccc21. The van der Waals surface area contributed by atoms with Gasteiger partial charge in [-0.2, -0.15) is 0 Å². The third-order valence-electron chi connectivity index (χ3n) is 24.1. The lowest BCUT2D eigenvalue weighted by molar-refractivity contribution is 0.436. The van der Waals surface area contributed by atoms with Crippen LogP contribution in [0.2, 0.25) is 0 Å². The highest BCUT2D eigenvalue weighted by molar-refractivity contribution is 5.94. The molecule has 2 atom stereocenters.